The fourth-order valence-corrected chi connectivity index (χ4v) is 2.05. The second-order valence-electron chi connectivity index (χ2n) is 5.81. The highest BCUT2D eigenvalue weighted by molar-refractivity contribution is 5.96. The Hall–Kier alpha value is -3.29. The highest BCUT2D eigenvalue weighted by Gasteiger charge is 2.13. The Labute approximate surface area is 154 Å². The quantitative estimate of drug-likeness (QED) is 0.781. The van der Waals surface area contributed by atoms with E-state index in [0.717, 1.165) is 12.1 Å². The summed E-state index contributed by atoms with van der Waals surface area (Å²) in [5, 5.41) is 2.46. The molecule has 0 unspecified atom stereocenters. The molecule has 2 aromatic carbocycles. The molecule has 142 valence electrons. The lowest BCUT2D eigenvalue weighted by Gasteiger charge is -2.09. The number of carbonyl (C=O) groups excluding carboxylic acids is 3. The maximum absolute atomic E-state index is 13.1. The molecule has 8 heteroatoms. The van der Waals surface area contributed by atoms with Crippen LogP contribution in [0.4, 0.5) is 14.5 Å². The summed E-state index contributed by atoms with van der Waals surface area (Å²) in [6.45, 7) is 2.81. The van der Waals surface area contributed by atoms with Gasteiger partial charge in [0.1, 0.15) is 11.6 Å². The Kier molecular flexibility index (Phi) is 6.59. The molecule has 0 fully saturated rings. The number of hydrogen-bond acceptors (Lipinski definition) is 5. The van der Waals surface area contributed by atoms with Crippen LogP contribution >= 0.6 is 0 Å². The Morgan fingerprint density at radius 1 is 0.926 bits per heavy atom. The van der Waals surface area contributed by atoms with Crippen molar-refractivity contribution in [2.75, 3.05) is 11.9 Å². The monoisotopic (exact) mass is 377 g/mol. The number of hydrogen-bond donors (Lipinski definition) is 1. The number of amides is 1. The normalized spacial score (nSPS) is 10.4. The topological polar surface area (TPSA) is 81.7 Å². The van der Waals surface area contributed by atoms with Crippen molar-refractivity contribution in [1.29, 1.82) is 0 Å². The van der Waals surface area contributed by atoms with Gasteiger partial charge in [0.25, 0.3) is 5.91 Å². The van der Waals surface area contributed by atoms with Crippen LogP contribution in [-0.4, -0.2) is 30.6 Å². The predicted molar refractivity (Wildman–Crippen MR) is 92.3 cm³/mol. The SMILES string of the molecule is CC(C)OC(=O)c1ccc(NC(=O)COC(=O)c2cc(F)cc(F)c2)cc1. The molecule has 0 atom stereocenters. The highest BCUT2D eigenvalue weighted by atomic mass is 19.1. The van der Waals surface area contributed by atoms with Gasteiger partial charge in [0.05, 0.1) is 17.2 Å². The summed E-state index contributed by atoms with van der Waals surface area (Å²) in [4.78, 5) is 35.3. The maximum Gasteiger partial charge on any atom is 0.338 e. The Balaban J connectivity index is 1.88. The van der Waals surface area contributed by atoms with Crippen LogP contribution in [0.25, 0.3) is 0 Å². The van der Waals surface area contributed by atoms with Crippen molar-refractivity contribution >= 4 is 23.5 Å². The average molecular weight is 377 g/mol. The number of rotatable bonds is 6. The van der Waals surface area contributed by atoms with E-state index in [0.29, 0.717) is 17.3 Å². The Bertz CT molecular complexity index is 829. The molecule has 0 bridgehead atoms. The van der Waals surface area contributed by atoms with E-state index in [1.165, 1.54) is 24.3 Å². The third kappa shape index (κ3) is 6.18. The zero-order valence-corrected chi connectivity index (χ0v) is 14.6. The van der Waals surface area contributed by atoms with Gasteiger partial charge in [-0.05, 0) is 50.2 Å². The number of carbonyl (C=O) groups is 3. The lowest BCUT2D eigenvalue weighted by atomic mass is 10.2. The number of nitrogens with one attached hydrogen (secondary N) is 1. The van der Waals surface area contributed by atoms with E-state index in [9.17, 15) is 23.2 Å². The highest BCUT2D eigenvalue weighted by Crippen LogP contribution is 2.12. The van der Waals surface area contributed by atoms with Gasteiger partial charge >= 0.3 is 11.9 Å². The van der Waals surface area contributed by atoms with Crippen molar-refractivity contribution in [2.24, 2.45) is 0 Å². The summed E-state index contributed by atoms with van der Waals surface area (Å²) >= 11 is 0. The van der Waals surface area contributed by atoms with Crippen LogP contribution in [-0.2, 0) is 14.3 Å². The van der Waals surface area contributed by atoms with Crippen LogP contribution in [0.3, 0.4) is 0 Å². The summed E-state index contributed by atoms with van der Waals surface area (Å²) in [7, 11) is 0. The summed E-state index contributed by atoms with van der Waals surface area (Å²) in [5.74, 6) is -4.03. The van der Waals surface area contributed by atoms with Gasteiger partial charge in [-0.1, -0.05) is 0 Å². The predicted octanol–water partition coefficient (Wildman–Crippen LogP) is 3.33. The summed E-state index contributed by atoms with van der Waals surface area (Å²) in [5.41, 5.74) is 0.350. The molecule has 6 nitrogen and oxygen atoms in total. The molecule has 27 heavy (non-hydrogen) atoms. The first kappa shape index (κ1) is 20.0. The molecule has 2 aromatic rings. The Morgan fingerprint density at radius 2 is 1.52 bits per heavy atom. The van der Waals surface area contributed by atoms with Crippen molar-refractivity contribution in [3.8, 4) is 0 Å². The second-order valence-corrected chi connectivity index (χ2v) is 5.81. The van der Waals surface area contributed by atoms with Gasteiger partial charge in [-0.2, -0.15) is 0 Å². The van der Waals surface area contributed by atoms with Crippen LogP contribution in [0.2, 0.25) is 0 Å². The summed E-state index contributed by atoms with van der Waals surface area (Å²) in [6, 6.07) is 8.14. The molecule has 0 aromatic heterocycles. The van der Waals surface area contributed by atoms with E-state index in [-0.39, 0.29) is 11.7 Å². The molecule has 0 radical (unpaired) electrons. The molecular weight excluding hydrogens is 360 g/mol. The van der Waals surface area contributed by atoms with E-state index >= 15 is 0 Å². The number of benzene rings is 2. The van der Waals surface area contributed by atoms with E-state index in [2.05, 4.69) is 5.32 Å². The fourth-order valence-electron chi connectivity index (χ4n) is 2.05. The first-order valence-electron chi connectivity index (χ1n) is 7.98. The lowest BCUT2D eigenvalue weighted by molar-refractivity contribution is -0.119. The maximum atomic E-state index is 13.1. The number of ether oxygens (including phenoxy) is 2. The minimum atomic E-state index is -1.03. The molecule has 0 heterocycles. The molecule has 0 saturated carbocycles. The molecule has 0 aliphatic heterocycles. The number of halogens is 2. The smallest absolute Gasteiger partial charge is 0.338 e. The number of anilines is 1. The molecule has 0 aliphatic rings. The third-order valence-corrected chi connectivity index (χ3v) is 3.18. The van der Waals surface area contributed by atoms with Crippen molar-refractivity contribution in [1.82, 2.24) is 0 Å². The first-order valence-corrected chi connectivity index (χ1v) is 7.98. The molecular formula is C19H17F2NO5. The number of esters is 2. The fraction of sp³-hybridized carbons (Fsp3) is 0.211. The molecule has 0 aliphatic carbocycles. The largest absolute Gasteiger partial charge is 0.459 e. The van der Waals surface area contributed by atoms with Crippen LogP contribution in [0.5, 0.6) is 0 Å². The molecule has 0 saturated heterocycles. The van der Waals surface area contributed by atoms with Crippen LogP contribution in [0.15, 0.2) is 42.5 Å². The third-order valence-electron chi connectivity index (χ3n) is 3.18. The standard InChI is InChI=1S/C19H17F2NO5/c1-11(2)27-19(25)12-3-5-16(6-4-12)22-17(23)10-26-18(24)13-7-14(20)9-15(21)8-13/h3-9,11H,10H2,1-2H3,(H,22,23). The zero-order chi connectivity index (χ0) is 20.0. The van der Waals surface area contributed by atoms with Gasteiger partial charge in [-0.15, -0.1) is 0 Å². The van der Waals surface area contributed by atoms with Crippen LogP contribution in [0.1, 0.15) is 34.6 Å². The molecule has 1 amide bonds. The van der Waals surface area contributed by atoms with Gasteiger partial charge in [0.2, 0.25) is 0 Å². The van der Waals surface area contributed by atoms with Crippen LogP contribution < -0.4 is 5.32 Å². The Morgan fingerprint density at radius 3 is 2.07 bits per heavy atom. The minimum absolute atomic E-state index is 0.252. The van der Waals surface area contributed by atoms with Gasteiger partial charge in [0.15, 0.2) is 6.61 Å². The van der Waals surface area contributed by atoms with E-state index in [1.807, 2.05) is 0 Å². The second kappa shape index (κ2) is 8.88. The van der Waals surface area contributed by atoms with Crippen LogP contribution in [0, 0.1) is 11.6 Å². The van der Waals surface area contributed by atoms with Crippen molar-refractivity contribution in [3.63, 3.8) is 0 Å². The van der Waals surface area contributed by atoms with Gasteiger partial charge in [-0.25, -0.2) is 18.4 Å². The minimum Gasteiger partial charge on any atom is -0.459 e. The van der Waals surface area contributed by atoms with Gasteiger partial charge < -0.3 is 14.8 Å². The summed E-state index contributed by atoms with van der Waals surface area (Å²) in [6.07, 6.45) is -0.252. The molecule has 2 rings (SSSR count). The summed E-state index contributed by atoms with van der Waals surface area (Å²) < 4.78 is 35.9. The lowest BCUT2D eigenvalue weighted by Crippen LogP contribution is -2.21. The van der Waals surface area contributed by atoms with Crippen molar-refractivity contribution in [3.05, 3.63) is 65.2 Å². The first-order chi connectivity index (χ1) is 12.7. The molecule has 0 spiro atoms. The van der Waals surface area contributed by atoms with Gasteiger partial charge in [0, 0.05) is 11.8 Å². The zero-order valence-electron chi connectivity index (χ0n) is 14.6. The average Bonchev–Trinajstić information content (AvgIpc) is 2.58. The van der Waals surface area contributed by atoms with E-state index in [1.54, 1.807) is 13.8 Å². The van der Waals surface area contributed by atoms with E-state index in [4.69, 9.17) is 9.47 Å². The van der Waals surface area contributed by atoms with Crippen molar-refractivity contribution in [2.45, 2.75) is 20.0 Å². The van der Waals surface area contributed by atoms with Crippen molar-refractivity contribution < 1.29 is 32.6 Å². The molecule has 1 N–H and O–H groups in total. The van der Waals surface area contributed by atoms with Gasteiger partial charge in [-0.3, -0.25) is 4.79 Å². The van der Waals surface area contributed by atoms with E-state index < -0.39 is 36.1 Å².